The Morgan fingerprint density at radius 2 is 2.03 bits per heavy atom. The maximum absolute atomic E-state index is 12.2. The van der Waals surface area contributed by atoms with E-state index in [9.17, 15) is 9.59 Å². The molecule has 8 nitrogen and oxygen atoms in total. The Morgan fingerprint density at radius 3 is 2.63 bits per heavy atom. The first-order valence-electron chi connectivity index (χ1n) is 10.1. The summed E-state index contributed by atoms with van der Waals surface area (Å²) in [6.07, 6.45) is 2.91. The molecule has 160 valence electrons. The minimum Gasteiger partial charge on any atom is -0.493 e. The van der Waals surface area contributed by atoms with Gasteiger partial charge in [-0.05, 0) is 49.1 Å². The lowest BCUT2D eigenvalue weighted by molar-refractivity contribution is -0.127. The number of hydrogen-bond donors (Lipinski definition) is 2. The lowest BCUT2D eigenvalue weighted by atomic mass is 10.1. The first kappa shape index (κ1) is 21.4. The highest BCUT2D eigenvalue weighted by atomic mass is 16.5. The molecule has 2 aromatic rings. The van der Waals surface area contributed by atoms with Crippen LogP contribution in [0.15, 0.2) is 36.9 Å². The third-order valence-corrected chi connectivity index (χ3v) is 5.13. The van der Waals surface area contributed by atoms with E-state index in [1.165, 1.54) is 6.08 Å². The Morgan fingerprint density at radius 1 is 1.33 bits per heavy atom. The predicted molar refractivity (Wildman–Crippen MR) is 116 cm³/mol. The summed E-state index contributed by atoms with van der Waals surface area (Å²) in [7, 11) is 0. The average Bonchev–Trinajstić information content (AvgIpc) is 3.09. The van der Waals surface area contributed by atoms with Crippen LogP contribution < -0.4 is 16.2 Å². The molecule has 2 amide bonds. The molecule has 1 aromatic heterocycles. The van der Waals surface area contributed by atoms with Crippen molar-refractivity contribution >= 4 is 17.6 Å². The van der Waals surface area contributed by atoms with Crippen molar-refractivity contribution in [1.29, 1.82) is 0 Å². The number of ether oxygens (including phenoxy) is 1. The number of rotatable bonds is 7. The van der Waals surface area contributed by atoms with Gasteiger partial charge in [0.05, 0.1) is 12.6 Å². The molecule has 0 bridgehead atoms. The van der Waals surface area contributed by atoms with Crippen LogP contribution in [0.2, 0.25) is 0 Å². The highest BCUT2D eigenvalue weighted by Crippen LogP contribution is 2.32. The number of primary amides is 1. The first-order chi connectivity index (χ1) is 14.3. The van der Waals surface area contributed by atoms with E-state index in [1.54, 1.807) is 9.58 Å². The van der Waals surface area contributed by atoms with Crippen LogP contribution >= 0.6 is 0 Å². The van der Waals surface area contributed by atoms with Crippen molar-refractivity contribution in [2.45, 2.75) is 32.7 Å². The van der Waals surface area contributed by atoms with E-state index in [2.05, 4.69) is 25.5 Å². The molecule has 1 atom stereocenters. The number of carbonyl (C=O) groups excluding carboxylic acids is 2. The standard InChI is InChI=1S/C22H29N5O3/c1-4-18(28)26-11-5-6-16(12-26)27-21(23)19(22(24)29)20(25-27)15-7-9-17(10-8-15)30-13-14(2)3/h4,7-10,14,16H,1,5-6,11-13,23H2,2-3H3,(H2,24,29)/t16-/m1/s1. The predicted octanol–water partition coefficient (Wildman–Crippen LogP) is 2.62. The zero-order valence-corrected chi connectivity index (χ0v) is 17.5. The Kier molecular flexibility index (Phi) is 6.44. The molecule has 4 N–H and O–H groups in total. The van der Waals surface area contributed by atoms with Gasteiger partial charge in [0.15, 0.2) is 0 Å². The Hall–Kier alpha value is -3.29. The number of benzene rings is 1. The summed E-state index contributed by atoms with van der Waals surface area (Å²) < 4.78 is 7.34. The van der Waals surface area contributed by atoms with Crippen LogP contribution in [-0.2, 0) is 4.79 Å². The zero-order valence-electron chi connectivity index (χ0n) is 17.5. The Bertz CT molecular complexity index is 933. The fourth-order valence-electron chi connectivity index (χ4n) is 3.63. The molecule has 1 aromatic carbocycles. The molecule has 0 spiro atoms. The Balaban J connectivity index is 1.92. The highest BCUT2D eigenvalue weighted by molar-refractivity contribution is 6.03. The van der Waals surface area contributed by atoms with Crippen LogP contribution in [0.3, 0.4) is 0 Å². The molecule has 0 saturated carbocycles. The van der Waals surface area contributed by atoms with E-state index >= 15 is 0 Å². The van der Waals surface area contributed by atoms with Crippen molar-refractivity contribution in [3.05, 3.63) is 42.5 Å². The topological polar surface area (TPSA) is 116 Å². The van der Waals surface area contributed by atoms with Crippen molar-refractivity contribution in [2.75, 3.05) is 25.4 Å². The number of nitrogens with zero attached hydrogens (tertiary/aromatic N) is 3. The van der Waals surface area contributed by atoms with Crippen molar-refractivity contribution in [3.8, 4) is 17.0 Å². The molecule has 1 aliphatic rings. The molecule has 30 heavy (non-hydrogen) atoms. The summed E-state index contributed by atoms with van der Waals surface area (Å²) in [5.41, 5.74) is 13.3. The minimum absolute atomic E-state index is 0.127. The fraction of sp³-hybridized carbons (Fsp3) is 0.409. The largest absolute Gasteiger partial charge is 0.493 e. The van der Waals surface area contributed by atoms with Crippen LogP contribution in [0.25, 0.3) is 11.3 Å². The van der Waals surface area contributed by atoms with E-state index in [0.29, 0.717) is 31.3 Å². The van der Waals surface area contributed by atoms with Crippen molar-refractivity contribution in [2.24, 2.45) is 11.7 Å². The first-order valence-corrected chi connectivity index (χ1v) is 10.1. The third-order valence-electron chi connectivity index (χ3n) is 5.13. The number of aromatic nitrogens is 2. The van der Waals surface area contributed by atoms with Crippen molar-refractivity contribution in [1.82, 2.24) is 14.7 Å². The van der Waals surface area contributed by atoms with Gasteiger partial charge >= 0.3 is 0 Å². The summed E-state index contributed by atoms with van der Waals surface area (Å²) in [5, 5.41) is 4.63. The molecule has 0 radical (unpaired) electrons. The number of nitrogens with two attached hydrogens (primary N) is 2. The van der Waals surface area contributed by atoms with Gasteiger partial charge in [-0.2, -0.15) is 5.10 Å². The van der Waals surface area contributed by atoms with Crippen molar-refractivity contribution < 1.29 is 14.3 Å². The number of amides is 2. The van der Waals surface area contributed by atoms with E-state index in [1.807, 2.05) is 24.3 Å². The molecule has 2 heterocycles. The zero-order chi connectivity index (χ0) is 21.8. The second kappa shape index (κ2) is 9.02. The molecule has 8 heteroatoms. The van der Waals surface area contributed by atoms with Crippen molar-refractivity contribution in [3.63, 3.8) is 0 Å². The van der Waals surface area contributed by atoms with Crippen LogP contribution in [-0.4, -0.2) is 46.2 Å². The van der Waals surface area contributed by atoms with E-state index < -0.39 is 5.91 Å². The van der Waals surface area contributed by atoms with Crippen LogP contribution in [0.5, 0.6) is 5.75 Å². The minimum atomic E-state index is -0.635. The number of anilines is 1. The van der Waals surface area contributed by atoms with Gasteiger partial charge < -0.3 is 21.1 Å². The fourth-order valence-corrected chi connectivity index (χ4v) is 3.63. The van der Waals surface area contributed by atoms with Crippen LogP contribution in [0.1, 0.15) is 43.1 Å². The van der Waals surface area contributed by atoms with Gasteiger partial charge in [0, 0.05) is 18.7 Å². The molecular weight excluding hydrogens is 382 g/mol. The number of piperidine rings is 1. The number of carbonyl (C=O) groups is 2. The van der Waals surface area contributed by atoms with Gasteiger partial charge in [-0.25, -0.2) is 4.68 Å². The SMILES string of the molecule is C=CC(=O)N1CCC[C@@H](n2nc(-c3ccc(OCC(C)C)cc3)c(C(N)=O)c2N)C1. The molecular formula is C22H29N5O3. The monoisotopic (exact) mass is 411 g/mol. The van der Waals surface area contributed by atoms with E-state index in [4.69, 9.17) is 16.2 Å². The van der Waals surface area contributed by atoms with E-state index in [0.717, 1.165) is 24.2 Å². The maximum atomic E-state index is 12.2. The second-order valence-corrected chi connectivity index (χ2v) is 7.93. The van der Waals surface area contributed by atoms with Gasteiger partial charge in [0.2, 0.25) is 5.91 Å². The van der Waals surface area contributed by atoms with Gasteiger partial charge in [0.1, 0.15) is 22.8 Å². The summed E-state index contributed by atoms with van der Waals surface area (Å²) in [4.78, 5) is 25.9. The molecule has 0 aliphatic carbocycles. The summed E-state index contributed by atoms with van der Waals surface area (Å²) in [5.74, 6) is 0.619. The molecule has 1 fully saturated rings. The number of nitrogen functional groups attached to an aromatic ring is 1. The molecule has 1 aliphatic heterocycles. The summed E-state index contributed by atoms with van der Waals surface area (Å²) >= 11 is 0. The average molecular weight is 412 g/mol. The second-order valence-electron chi connectivity index (χ2n) is 7.93. The third kappa shape index (κ3) is 4.48. The lowest BCUT2D eigenvalue weighted by Crippen LogP contribution is -2.40. The van der Waals surface area contributed by atoms with Crippen LogP contribution in [0.4, 0.5) is 5.82 Å². The smallest absolute Gasteiger partial charge is 0.254 e. The van der Waals surface area contributed by atoms with Crippen LogP contribution in [0, 0.1) is 5.92 Å². The summed E-state index contributed by atoms with van der Waals surface area (Å²) in [6, 6.07) is 7.21. The molecule has 1 saturated heterocycles. The molecule has 0 unspecified atom stereocenters. The highest BCUT2D eigenvalue weighted by Gasteiger charge is 2.29. The van der Waals surface area contributed by atoms with E-state index in [-0.39, 0.29) is 23.3 Å². The normalized spacial score (nSPS) is 16.5. The van der Waals surface area contributed by atoms with Gasteiger partial charge in [-0.15, -0.1) is 0 Å². The van der Waals surface area contributed by atoms with Gasteiger partial charge in [-0.1, -0.05) is 20.4 Å². The van der Waals surface area contributed by atoms with Gasteiger partial charge in [0.25, 0.3) is 5.91 Å². The number of likely N-dealkylation sites (tertiary alicyclic amines) is 1. The molecule has 3 rings (SSSR count). The number of hydrogen-bond acceptors (Lipinski definition) is 5. The van der Waals surface area contributed by atoms with Gasteiger partial charge in [-0.3, -0.25) is 9.59 Å². The Labute approximate surface area is 176 Å². The summed E-state index contributed by atoms with van der Waals surface area (Å²) in [6.45, 7) is 9.45. The lowest BCUT2D eigenvalue weighted by Gasteiger charge is -2.32. The quantitative estimate of drug-likeness (QED) is 0.679. The maximum Gasteiger partial charge on any atom is 0.254 e.